The van der Waals surface area contributed by atoms with Crippen molar-refractivity contribution in [1.82, 2.24) is 25.1 Å². The highest BCUT2D eigenvalue weighted by Crippen LogP contribution is 2.14. The van der Waals surface area contributed by atoms with Crippen molar-refractivity contribution in [3.05, 3.63) is 94.6 Å². The van der Waals surface area contributed by atoms with Crippen LogP contribution in [0.4, 0.5) is 10.5 Å². The molecule has 3 N–H and O–H groups in total. The fourth-order valence-corrected chi connectivity index (χ4v) is 3.80. The number of nitrogens with one attached hydrogen (secondary N) is 2. The molecule has 0 aliphatic rings. The van der Waals surface area contributed by atoms with E-state index in [1.54, 1.807) is 24.7 Å². The summed E-state index contributed by atoms with van der Waals surface area (Å²) in [5.74, 6) is -0.357. The van der Waals surface area contributed by atoms with Gasteiger partial charge in [-0.2, -0.15) is 0 Å². The molecule has 37 heavy (non-hydrogen) atoms. The Morgan fingerprint density at radius 3 is 2.49 bits per heavy atom. The van der Waals surface area contributed by atoms with Gasteiger partial charge in [0.05, 0.1) is 17.9 Å². The molecule has 0 radical (unpaired) electrons. The molecule has 0 unspecified atom stereocenters. The van der Waals surface area contributed by atoms with Crippen LogP contribution in [0.2, 0.25) is 0 Å². The van der Waals surface area contributed by atoms with Crippen molar-refractivity contribution in [1.29, 1.82) is 0 Å². The Kier molecular flexibility index (Phi) is 10.6. The molecule has 0 spiro atoms. The minimum Gasteiger partial charge on any atom is -0.395 e. The molecule has 2 aromatic carbocycles. The lowest BCUT2D eigenvalue weighted by atomic mass is 10.0. The second-order valence-electron chi connectivity index (χ2n) is 8.52. The number of imidazole rings is 1. The molecule has 1 atom stereocenters. The predicted octanol–water partition coefficient (Wildman–Crippen LogP) is 2.16. The van der Waals surface area contributed by atoms with Crippen molar-refractivity contribution in [2.45, 2.75) is 31.8 Å². The summed E-state index contributed by atoms with van der Waals surface area (Å²) in [5.41, 5.74) is 1.67. The Morgan fingerprint density at radius 1 is 1.08 bits per heavy atom. The highest BCUT2D eigenvalue weighted by Gasteiger charge is 2.24. The van der Waals surface area contributed by atoms with Gasteiger partial charge in [0.15, 0.2) is 0 Å². The summed E-state index contributed by atoms with van der Waals surface area (Å²) >= 11 is 0. The Bertz CT molecular complexity index is 1120. The van der Waals surface area contributed by atoms with Crippen LogP contribution in [-0.2, 0) is 24.2 Å². The Morgan fingerprint density at radius 2 is 1.84 bits per heavy atom. The summed E-state index contributed by atoms with van der Waals surface area (Å²) in [7, 11) is 0. The first-order valence-corrected chi connectivity index (χ1v) is 12.1. The van der Waals surface area contributed by atoms with Gasteiger partial charge in [0.25, 0.3) is 5.69 Å². The number of urea groups is 1. The van der Waals surface area contributed by atoms with Crippen LogP contribution in [0.25, 0.3) is 0 Å². The van der Waals surface area contributed by atoms with Crippen LogP contribution in [0.5, 0.6) is 0 Å². The number of aliphatic hydroxyl groups excluding tert-OH is 1. The maximum absolute atomic E-state index is 13.1. The summed E-state index contributed by atoms with van der Waals surface area (Å²) in [5, 5.41) is 26.1. The fourth-order valence-electron chi connectivity index (χ4n) is 3.80. The maximum Gasteiger partial charge on any atom is 0.318 e. The number of rotatable bonds is 14. The fraction of sp³-hybridized carbons (Fsp3) is 0.346. The van der Waals surface area contributed by atoms with Crippen molar-refractivity contribution in [3.8, 4) is 0 Å². The highest BCUT2D eigenvalue weighted by atomic mass is 16.6. The second-order valence-corrected chi connectivity index (χ2v) is 8.52. The molecule has 1 heterocycles. The van der Waals surface area contributed by atoms with Gasteiger partial charge in [0.2, 0.25) is 5.91 Å². The van der Waals surface area contributed by atoms with E-state index in [-0.39, 0.29) is 31.2 Å². The molecule has 3 amide bonds. The van der Waals surface area contributed by atoms with E-state index in [2.05, 4.69) is 15.6 Å². The first kappa shape index (κ1) is 27.3. The zero-order chi connectivity index (χ0) is 26.5. The number of non-ortho nitro benzene ring substituents is 1. The van der Waals surface area contributed by atoms with E-state index >= 15 is 0 Å². The van der Waals surface area contributed by atoms with Gasteiger partial charge in [-0.05, 0) is 24.0 Å². The molecule has 0 saturated carbocycles. The monoisotopic (exact) mass is 508 g/mol. The number of aromatic nitrogens is 2. The van der Waals surface area contributed by atoms with E-state index in [0.717, 1.165) is 5.56 Å². The van der Waals surface area contributed by atoms with Gasteiger partial charge >= 0.3 is 6.03 Å². The quantitative estimate of drug-likeness (QED) is 0.173. The van der Waals surface area contributed by atoms with Crippen LogP contribution in [0, 0.1) is 10.1 Å². The number of hydrogen-bond donors (Lipinski definition) is 3. The van der Waals surface area contributed by atoms with Gasteiger partial charge in [-0.25, -0.2) is 9.78 Å². The van der Waals surface area contributed by atoms with Gasteiger partial charge in [-0.3, -0.25) is 14.9 Å². The Labute approximate surface area is 215 Å². The summed E-state index contributed by atoms with van der Waals surface area (Å²) in [6, 6.07) is 14.2. The Balaban J connectivity index is 1.65. The smallest absolute Gasteiger partial charge is 0.318 e. The van der Waals surface area contributed by atoms with E-state index in [1.165, 1.54) is 17.0 Å². The van der Waals surface area contributed by atoms with Crippen molar-refractivity contribution in [2.24, 2.45) is 0 Å². The summed E-state index contributed by atoms with van der Waals surface area (Å²) in [4.78, 5) is 42.1. The van der Waals surface area contributed by atoms with Crippen LogP contribution in [0.1, 0.15) is 17.5 Å². The molecular formula is C26H32N6O5. The molecule has 1 aromatic heterocycles. The van der Waals surface area contributed by atoms with E-state index in [4.69, 9.17) is 0 Å². The topological polar surface area (TPSA) is 143 Å². The second kappa shape index (κ2) is 14.3. The molecule has 0 bridgehead atoms. The van der Waals surface area contributed by atoms with Gasteiger partial charge < -0.3 is 25.2 Å². The third kappa shape index (κ3) is 9.04. The minimum absolute atomic E-state index is 0.0525. The normalized spacial score (nSPS) is 11.5. The zero-order valence-corrected chi connectivity index (χ0v) is 20.5. The first-order chi connectivity index (χ1) is 18.0. The lowest BCUT2D eigenvalue weighted by Crippen LogP contribution is -2.53. The number of benzene rings is 2. The molecule has 11 heteroatoms. The largest absolute Gasteiger partial charge is 0.395 e. The zero-order valence-electron chi connectivity index (χ0n) is 20.5. The molecule has 0 aliphatic heterocycles. The summed E-state index contributed by atoms with van der Waals surface area (Å²) in [6.45, 7) is 1.36. The lowest BCUT2D eigenvalue weighted by Gasteiger charge is -2.26. The highest BCUT2D eigenvalue weighted by molar-refractivity contribution is 5.87. The van der Waals surface area contributed by atoms with Crippen LogP contribution in [0.3, 0.4) is 0 Å². The number of carbonyl (C=O) groups is 2. The van der Waals surface area contributed by atoms with E-state index in [1.807, 2.05) is 41.1 Å². The molecule has 0 saturated heterocycles. The number of amides is 3. The van der Waals surface area contributed by atoms with Gasteiger partial charge in [0, 0.05) is 57.1 Å². The number of nitrogens with zero attached hydrogens (tertiary/aromatic N) is 4. The minimum atomic E-state index is -0.903. The SMILES string of the molecule is O=C(NCCCn1ccnc1)[C@H](Cc1ccc([N+](=O)[O-])cc1)NC(=O)N(CCO)CCc1ccccc1. The summed E-state index contributed by atoms with van der Waals surface area (Å²) in [6.07, 6.45) is 6.65. The maximum atomic E-state index is 13.1. The van der Waals surface area contributed by atoms with Gasteiger partial charge in [-0.1, -0.05) is 42.5 Å². The number of aryl methyl sites for hydroxylation is 1. The van der Waals surface area contributed by atoms with Crippen LogP contribution in [-0.4, -0.2) is 68.7 Å². The van der Waals surface area contributed by atoms with Crippen LogP contribution < -0.4 is 10.6 Å². The van der Waals surface area contributed by atoms with Crippen LogP contribution in [0.15, 0.2) is 73.3 Å². The third-order valence-electron chi connectivity index (χ3n) is 5.82. The average molecular weight is 509 g/mol. The first-order valence-electron chi connectivity index (χ1n) is 12.1. The van der Waals surface area contributed by atoms with Gasteiger partial charge in [-0.15, -0.1) is 0 Å². The van der Waals surface area contributed by atoms with Crippen LogP contribution >= 0.6 is 0 Å². The Hall–Kier alpha value is -4.25. The van der Waals surface area contributed by atoms with E-state index < -0.39 is 17.0 Å². The number of carbonyl (C=O) groups excluding carboxylic acids is 2. The lowest BCUT2D eigenvalue weighted by molar-refractivity contribution is -0.384. The van der Waals surface area contributed by atoms with Crippen molar-refractivity contribution >= 4 is 17.6 Å². The molecule has 196 valence electrons. The molecule has 3 aromatic rings. The molecule has 11 nitrogen and oxygen atoms in total. The molecule has 3 rings (SSSR count). The van der Waals surface area contributed by atoms with Gasteiger partial charge in [0.1, 0.15) is 6.04 Å². The van der Waals surface area contributed by atoms with Crippen molar-refractivity contribution < 1.29 is 19.6 Å². The predicted molar refractivity (Wildman–Crippen MR) is 138 cm³/mol. The average Bonchev–Trinajstić information content (AvgIpc) is 3.43. The summed E-state index contributed by atoms with van der Waals surface area (Å²) < 4.78 is 1.90. The molecule has 0 aliphatic carbocycles. The number of nitro benzene ring substituents is 1. The van der Waals surface area contributed by atoms with E-state index in [0.29, 0.717) is 38.0 Å². The number of hydrogen-bond acceptors (Lipinski definition) is 6. The number of aliphatic hydroxyl groups is 1. The van der Waals surface area contributed by atoms with E-state index in [9.17, 15) is 24.8 Å². The number of nitro groups is 1. The molecular weight excluding hydrogens is 476 g/mol. The van der Waals surface area contributed by atoms with Crippen molar-refractivity contribution in [3.63, 3.8) is 0 Å². The molecule has 0 fully saturated rings. The standard InChI is InChI=1S/C26H32N6O5/c33-18-17-31(15-11-21-5-2-1-3-6-21)26(35)29-24(19-22-7-9-23(10-8-22)32(36)37)25(34)28-12-4-14-30-16-13-27-20-30/h1-3,5-10,13,16,20,24,33H,4,11-12,14-15,17-19H2,(H,28,34)(H,29,35)/t24-/m0/s1. The van der Waals surface area contributed by atoms with Crippen molar-refractivity contribution in [2.75, 3.05) is 26.2 Å². The third-order valence-corrected chi connectivity index (χ3v) is 5.82.